The molecule has 2 heterocycles. The minimum Gasteiger partial charge on any atom is -0.506 e. The minimum atomic E-state index is 0.315. The Balaban J connectivity index is 1.69. The van der Waals surface area contributed by atoms with Gasteiger partial charge in [-0.15, -0.1) is 28.4 Å². The summed E-state index contributed by atoms with van der Waals surface area (Å²) in [6.07, 6.45) is 7.70. The van der Waals surface area contributed by atoms with Crippen LogP contribution in [0.2, 0.25) is 0 Å². The fourth-order valence-electron chi connectivity index (χ4n) is 3.12. The van der Waals surface area contributed by atoms with Crippen LogP contribution in [0.3, 0.4) is 0 Å². The van der Waals surface area contributed by atoms with Crippen LogP contribution in [0.1, 0.15) is 29.5 Å². The van der Waals surface area contributed by atoms with E-state index in [0.717, 1.165) is 48.3 Å². The first-order valence-corrected chi connectivity index (χ1v) is 10.9. The number of thiophene rings is 2. The van der Waals surface area contributed by atoms with Crippen LogP contribution in [-0.2, 0) is 0 Å². The van der Waals surface area contributed by atoms with Gasteiger partial charge in [-0.2, -0.15) is 0 Å². The molecule has 0 atom stereocenters. The molecule has 4 aromatic rings. The van der Waals surface area contributed by atoms with E-state index in [-0.39, 0.29) is 0 Å². The second-order valence-electron chi connectivity index (χ2n) is 6.52. The molecule has 0 fully saturated rings. The Bertz CT molecular complexity index is 1230. The molecule has 0 spiro atoms. The summed E-state index contributed by atoms with van der Waals surface area (Å²) in [4.78, 5) is 1.66. The summed E-state index contributed by atoms with van der Waals surface area (Å²) in [5.41, 5.74) is 4.38. The van der Waals surface area contributed by atoms with Gasteiger partial charge in [0.25, 0.3) is 0 Å². The fraction of sp³-hybridized carbons (Fsp3) is 0.125. The summed E-state index contributed by atoms with van der Waals surface area (Å²) in [7, 11) is 0. The summed E-state index contributed by atoms with van der Waals surface area (Å²) >= 11 is 3.14. The molecule has 2 nitrogen and oxygen atoms in total. The molecule has 0 unspecified atom stereocenters. The van der Waals surface area contributed by atoms with Gasteiger partial charge in [0, 0.05) is 26.2 Å². The molecule has 4 heteroatoms. The van der Waals surface area contributed by atoms with Gasteiger partial charge in [-0.1, -0.05) is 37.6 Å². The van der Waals surface area contributed by atoms with Crippen LogP contribution in [-0.4, -0.2) is 10.2 Å². The molecule has 0 saturated heterocycles. The number of fused-ring (bicyclic) bond motifs is 2. The smallest absolute Gasteiger partial charge is 0.142 e. The summed E-state index contributed by atoms with van der Waals surface area (Å²) in [5.74, 6) is 0.647. The van der Waals surface area contributed by atoms with Crippen molar-refractivity contribution in [3.63, 3.8) is 0 Å². The third-order valence-electron chi connectivity index (χ3n) is 4.53. The number of hydrogen-bond acceptors (Lipinski definition) is 4. The van der Waals surface area contributed by atoms with E-state index in [9.17, 15) is 10.2 Å². The van der Waals surface area contributed by atoms with Gasteiger partial charge < -0.3 is 10.2 Å². The summed E-state index contributed by atoms with van der Waals surface area (Å²) in [6.45, 7) is 2.13. The molecular formula is C24H20O2S2. The number of allylic oxidation sites excluding steroid dienone is 2. The molecule has 0 radical (unpaired) electrons. The van der Waals surface area contributed by atoms with E-state index in [1.807, 2.05) is 66.8 Å². The van der Waals surface area contributed by atoms with Gasteiger partial charge in [0.15, 0.2) is 0 Å². The molecule has 0 aliphatic carbocycles. The van der Waals surface area contributed by atoms with Gasteiger partial charge in [-0.3, -0.25) is 0 Å². The molecule has 2 aromatic carbocycles. The lowest BCUT2D eigenvalue weighted by atomic mass is 10.1. The van der Waals surface area contributed by atoms with Crippen molar-refractivity contribution in [3.05, 3.63) is 75.7 Å². The van der Waals surface area contributed by atoms with Gasteiger partial charge in [0.05, 0.1) is 9.75 Å². The second kappa shape index (κ2) is 8.07. The van der Waals surface area contributed by atoms with E-state index >= 15 is 0 Å². The van der Waals surface area contributed by atoms with Crippen LogP contribution >= 0.6 is 22.7 Å². The average molecular weight is 405 g/mol. The normalized spacial score (nSPS) is 11.3. The Labute approximate surface area is 172 Å². The zero-order valence-corrected chi connectivity index (χ0v) is 17.1. The summed E-state index contributed by atoms with van der Waals surface area (Å²) in [6, 6.07) is 15.7. The first-order valence-electron chi connectivity index (χ1n) is 9.22. The standard InChI is InChI=1S/C24H20O2S2/c1-2-7-16(12-14-21-23(25)17-8-3-5-10-19(17)27-21)13-15-22-24(26)18-9-4-6-11-20(18)28-22/h3-6,8-12,14-15,25-26H,2,7H2,1H3. The van der Waals surface area contributed by atoms with Crippen molar-refractivity contribution in [1.82, 2.24) is 0 Å². The van der Waals surface area contributed by atoms with Crippen LogP contribution in [0.5, 0.6) is 11.5 Å². The molecule has 0 bridgehead atoms. The average Bonchev–Trinajstić information content (AvgIpc) is 3.21. The maximum atomic E-state index is 10.4. The van der Waals surface area contributed by atoms with Crippen molar-refractivity contribution in [2.45, 2.75) is 19.8 Å². The molecule has 2 N–H and O–H groups in total. The van der Waals surface area contributed by atoms with Crippen molar-refractivity contribution in [3.8, 4) is 11.5 Å². The van der Waals surface area contributed by atoms with E-state index in [2.05, 4.69) is 12.7 Å². The zero-order valence-electron chi connectivity index (χ0n) is 15.5. The van der Waals surface area contributed by atoms with Crippen molar-refractivity contribution in [1.29, 1.82) is 0 Å². The van der Waals surface area contributed by atoms with E-state index in [1.165, 1.54) is 0 Å². The summed E-state index contributed by atoms with van der Waals surface area (Å²) in [5, 5.41) is 22.7. The lowest BCUT2D eigenvalue weighted by molar-refractivity contribution is 0.482. The largest absolute Gasteiger partial charge is 0.506 e. The highest BCUT2D eigenvalue weighted by molar-refractivity contribution is 7.20. The van der Waals surface area contributed by atoms with Gasteiger partial charge in [0.1, 0.15) is 11.5 Å². The molecule has 0 saturated carbocycles. The second-order valence-corrected chi connectivity index (χ2v) is 8.69. The Morgan fingerprint density at radius 3 is 2.07 bits per heavy atom. The van der Waals surface area contributed by atoms with Gasteiger partial charge >= 0.3 is 0 Å². The van der Waals surface area contributed by atoms with Crippen LogP contribution in [0.25, 0.3) is 32.3 Å². The monoisotopic (exact) mass is 404 g/mol. The lowest BCUT2D eigenvalue weighted by Crippen LogP contribution is -1.75. The fourth-order valence-corrected chi connectivity index (χ4v) is 5.10. The molecule has 0 aliphatic heterocycles. The maximum absolute atomic E-state index is 10.4. The lowest BCUT2D eigenvalue weighted by Gasteiger charge is -1.96. The third kappa shape index (κ3) is 3.63. The van der Waals surface area contributed by atoms with E-state index in [1.54, 1.807) is 22.7 Å². The first kappa shape index (κ1) is 18.6. The number of benzene rings is 2. The SMILES string of the molecule is CCCC(=C=Cc1sc2ccccc2c1O)C=Cc1sc2ccccc2c1O. The van der Waals surface area contributed by atoms with E-state index in [0.29, 0.717) is 11.5 Å². The van der Waals surface area contributed by atoms with Crippen molar-refractivity contribution in [2.24, 2.45) is 0 Å². The number of aromatic hydroxyl groups is 2. The Hall–Kier alpha value is -2.78. The van der Waals surface area contributed by atoms with Gasteiger partial charge in [0.2, 0.25) is 0 Å². The molecular weight excluding hydrogens is 384 g/mol. The van der Waals surface area contributed by atoms with Gasteiger partial charge in [-0.25, -0.2) is 0 Å². The Morgan fingerprint density at radius 2 is 1.46 bits per heavy atom. The van der Waals surface area contributed by atoms with Crippen molar-refractivity contribution >= 4 is 55.0 Å². The van der Waals surface area contributed by atoms with Crippen LogP contribution < -0.4 is 0 Å². The Morgan fingerprint density at radius 1 is 0.893 bits per heavy atom. The predicted octanol–water partition coefficient (Wildman–Crippen LogP) is 7.58. The van der Waals surface area contributed by atoms with Gasteiger partial charge in [-0.05, 0) is 48.4 Å². The molecule has 0 amide bonds. The van der Waals surface area contributed by atoms with Crippen LogP contribution in [0, 0.1) is 0 Å². The van der Waals surface area contributed by atoms with E-state index < -0.39 is 0 Å². The van der Waals surface area contributed by atoms with Crippen LogP contribution in [0.4, 0.5) is 0 Å². The topological polar surface area (TPSA) is 40.5 Å². The highest BCUT2D eigenvalue weighted by atomic mass is 32.1. The number of rotatable bonds is 5. The van der Waals surface area contributed by atoms with Crippen molar-refractivity contribution in [2.75, 3.05) is 0 Å². The van der Waals surface area contributed by atoms with E-state index in [4.69, 9.17) is 0 Å². The molecule has 0 aliphatic rings. The molecule has 28 heavy (non-hydrogen) atoms. The predicted molar refractivity (Wildman–Crippen MR) is 122 cm³/mol. The number of hydrogen-bond donors (Lipinski definition) is 2. The first-order chi connectivity index (χ1) is 13.7. The highest BCUT2D eigenvalue weighted by Gasteiger charge is 2.09. The molecule has 140 valence electrons. The Kier molecular flexibility index (Phi) is 5.36. The highest BCUT2D eigenvalue weighted by Crippen LogP contribution is 2.38. The molecule has 4 rings (SSSR count). The third-order valence-corrected chi connectivity index (χ3v) is 6.77. The zero-order chi connectivity index (χ0) is 19.5. The minimum absolute atomic E-state index is 0.315. The molecule has 2 aromatic heterocycles. The quantitative estimate of drug-likeness (QED) is 0.266. The summed E-state index contributed by atoms with van der Waals surface area (Å²) < 4.78 is 2.14. The van der Waals surface area contributed by atoms with Crippen molar-refractivity contribution < 1.29 is 10.2 Å². The maximum Gasteiger partial charge on any atom is 0.142 e. The van der Waals surface area contributed by atoms with Crippen LogP contribution in [0.15, 0.2) is 65.9 Å².